The lowest BCUT2D eigenvalue weighted by molar-refractivity contribution is 0.0735. The van der Waals surface area contributed by atoms with E-state index < -0.39 is 0 Å². The van der Waals surface area contributed by atoms with E-state index in [-0.39, 0.29) is 22.9 Å². The first-order valence-corrected chi connectivity index (χ1v) is 8.35. The predicted molar refractivity (Wildman–Crippen MR) is 92.4 cm³/mol. The zero-order valence-corrected chi connectivity index (χ0v) is 14.5. The molecule has 0 spiro atoms. The Labute approximate surface area is 146 Å². The standard InChI is InChI=1S/C18H22N4O3/c1-13-3-4-16(17(23)21(13)2)18(24)22-7-8-25-11-14(10-22)9-15-5-6-19-12-20-15/h3-6,12,14H,7-11H2,1-2H3. The third-order valence-electron chi connectivity index (χ3n) is 4.55. The molecule has 1 unspecified atom stereocenters. The molecule has 0 saturated carbocycles. The first-order chi connectivity index (χ1) is 12.1. The van der Waals surface area contributed by atoms with Crippen LogP contribution in [0.2, 0.25) is 0 Å². The van der Waals surface area contributed by atoms with Crippen LogP contribution in [0.1, 0.15) is 21.7 Å². The Morgan fingerprint density at radius 1 is 1.36 bits per heavy atom. The van der Waals surface area contributed by atoms with Gasteiger partial charge in [0.2, 0.25) is 0 Å². The van der Waals surface area contributed by atoms with Crippen LogP contribution < -0.4 is 5.56 Å². The molecular formula is C18H22N4O3. The minimum absolute atomic E-state index is 0.135. The summed E-state index contributed by atoms with van der Waals surface area (Å²) in [6, 6.07) is 5.28. The molecule has 0 aromatic carbocycles. The van der Waals surface area contributed by atoms with Crippen molar-refractivity contribution in [2.75, 3.05) is 26.3 Å². The number of rotatable bonds is 3. The number of ether oxygens (including phenoxy) is 1. The van der Waals surface area contributed by atoms with Crippen LogP contribution in [0.5, 0.6) is 0 Å². The van der Waals surface area contributed by atoms with E-state index in [1.165, 1.54) is 10.9 Å². The molecule has 1 amide bonds. The van der Waals surface area contributed by atoms with Crippen LogP contribution in [-0.4, -0.2) is 51.6 Å². The average Bonchev–Trinajstić information content (AvgIpc) is 2.86. The van der Waals surface area contributed by atoms with Crippen LogP contribution in [0.25, 0.3) is 0 Å². The van der Waals surface area contributed by atoms with Gasteiger partial charge in [-0.15, -0.1) is 0 Å². The van der Waals surface area contributed by atoms with Crippen molar-refractivity contribution in [3.8, 4) is 0 Å². The van der Waals surface area contributed by atoms with Crippen molar-refractivity contribution >= 4 is 5.91 Å². The number of hydrogen-bond acceptors (Lipinski definition) is 5. The van der Waals surface area contributed by atoms with Gasteiger partial charge in [0.25, 0.3) is 11.5 Å². The monoisotopic (exact) mass is 342 g/mol. The summed E-state index contributed by atoms with van der Waals surface area (Å²) in [6.45, 7) is 3.90. The van der Waals surface area contributed by atoms with Gasteiger partial charge in [0.05, 0.1) is 13.2 Å². The van der Waals surface area contributed by atoms with Gasteiger partial charge in [0, 0.05) is 43.6 Å². The van der Waals surface area contributed by atoms with Crippen molar-refractivity contribution < 1.29 is 9.53 Å². The van der Waals surface area contributed by atoms with Gasteiger partial charge < -0.3 is 14.2 Å². The second-order valence-electron chi connectivity index (χ2n) is 6.35. The summed E-state index contributed by atoms with van der Waals surface area (Å²) in [7, 11) is 1.68. The van der Waals surface area contributed by atoms with Gasteiger partial charge in [-0.1, -0.05) is 0 Å². The fourth-order valence-electron chi connectivity index (χ4n) is 2.98. The number of amides is 1. The second-order valence-corrected chi connectivity index (χ2v) is 6.35. The van der Waals surface area contributed by atoms with Crippen molar-refractivity contribution in [1.82, 2.24) is 19.4 Å². The van der Waals surface area contributed by atoms with Crippen molar-refractivity contribution in [2.45, 2.75) is 13.3 Å². The van der Waals surface area contributed by atoms with Crippen LogP contribution in [-0.2, 0) is 18.2 Å². The highest BCUT2D eigenvalue weighted by Gasteiger charge is 2.25. The Morgan fingerprint density at radius 2 is 2.20 bits per heavy atom. The van der Waals surface area contributed by atoms with Crippen molar-refractivity contribution in [2.24, 2.45) is 13.0 Å². The minimum Gasteiger partial charge on any atom is -0.379 e. The van der Waals surface area contributed by atoms with E-state index in [2.05, 4.69) is 9.97 Å². The highest BCUT2D eigenvalue weighted by atomic mass is 16.5. The summed E-state index contributed by atoms with van der Waals surface area (Å²) in [5, 5.41) is 0. The van der Waals surface area contributed by atoms with E-state index in [4.69, 9.17) is 4.74 Å². The molecule has 2 aromatic heterocycles. The molecule has 1 atom stereocenters. The lowest BCUT2D eigenvalue weighted by atomic mass is 10.0. The van der Waals surface area contributed by atoms with E-state index in [1.807, 2.05) is 13.0 Å². The molecule has 7 heteroatoms. The molecule has 0 aliphatic carbocycles. The summed E-state index contributed by atoms with van der Waals surface area (Å²) >= 11 is 0. The van der Waals surface area contributed by atoms with Gasteiger partial charge in [-0.05, 0) is 31.5 Å². The Balaban J connectivity index is 1.78. The SMILES string of the molecule is Cc1ccc(C(=O)N2CCOCC(Cc3ccncn3)C2)c(=O)n1C. The Bertz CT molecular complexity index is 804. The van der Waals surface area contributed by atoms with Gasteiger partial charge in [-0.25, -0.2) is 9.97 Å². The molecule has 1 aliphatic heterocycles. The van der Waals surface area contributed by atoms with Crippen molar-refractivity contribution in [3.63, 3.8) is 0 Å². The fourth-order valence-corrected chi connectivity index (χ4v) is 2.98. The summed E-state index contributed by atoms with van der Waals surface area (Å²) in [5.41, 5.74) is 1.69. The number of aromatic nitrogens is 3. The van der Waals surface area contributed by atoms with Crippen LogP contribution in [0, 0.1) is 12.8 Å². The molecule has 1 saturated heterocycles. The maximum Gasteiger partial charge on any atom is 0.263 e. The number of nitrogens with zero attached hydrogens (tertiary/aromatic N) is 4. The maximum atomic E-state index is 12.9. The molecular weight excluding hydrogens is 320 g/mol. The van der Waals surface area contributed by atoms with Gasteiger partial charge in [0.1, 0.15) is 11.9 Å². The normalized spacial score (nSPS) is 18.0. The van der Waals surface area contributed by atoms with Crippen molar-refractivity contribution in [1.29, 1.82) is 0 Å². The molecule has 132 valence electrons. The highest BCUT2D eigenvalue weighted by Crippen LogP contribution is 2.14. The quantitative estimate of drug-likeness (QED) is 0.825. The largest absolute Gasteiger partial charge is 0.379 e. The fraction of sp³-hybridized carbons (Fsp3) is 0.444. The predicted octanol–water partition coefficient (Wildman–Crippen LogP) is 0.815. The molecule has 3 heterocycles. The zero-order valence-electron chi connectivity index (χ0n) is 14.5. The topological polar surface area (TPSA) is 77.3 Å². The van der Waals surface area contributed by atoms with E-state index >= 15 is 0 Å². The number of hydrogen-bond donors (Lipinski definition) is 0. The summed E-state index contributed by atoms with van der Waals surface area (Å²) in [5.74, 6) is -0.102. The van der Waals surface area contributed by atoms with Crippen LogP contribution in [0.4, 0.5) is 0 Å². The number of pyridine rings is 1. The van der Waals surface area contributed by atoms with E-state index in [1.54, 1.807) is 30.3 Å². The average molecular weight is 342 g/mol. The lowest BCUT2D eigenvalue weighted by Gasteiger charge is -2.23. The Morgan fingerprint density at radius 3 is 2.96 bits per heavy atom. The molecule has 7 nitrogen and oxygen atoms in total. The molecule has 0 radical (unpaired) electrons. The third kappa shape index (κ3) is 3.93. The summed E-state index contributed by atoms with van der Waals surface area (Å²) in [4.78, 5) is 35.1. The first kappa shape index (κ1) is 17.3. The molecule has 3 rings (SSSR count). The molecule has 2 aromatic rings. The molecule has 25 heavy (non-hydrogen) atoms. The van der Waals surface area contributed by atoms with E-state index in [9.17, 15) is 9.59 Å². The first-order valence-electron chi connectivity index (χ1n) is 8.35. The van der Waals surface area contributed by atoms with Gasteiger partial charge >= 0.3 is 0 Å². The lowest BCUT2D eigenvalue weighted by Crippen LogP contribution is -2.40. The zero-order chi connectivity index (χ0) is 17.8. The van der Waals surface area contributed by atoms with Gasteiger partial charge in [-0.3, -0.25) is 9.59 Å². The van der Waals surface area contributed by atoms with Crippen molar-refractivity contribution in [3.05, 3.63) is 58.0 Å². The van der Waals surface area contributed by atoms with Crippen LogP contribution in [0.15, 0.2) is 35.5 Å². The molecule has 0 bridgehead atoms. The Hall–Kier alpha value is -2.54. The van der Waals surface area contributed by atoms with Crippen LogP contribution >= 0.6 is 0 Å². The van der Waals surface area contributed by atoms with Gasteiger partial charge in [0.15, 0.2) is 0 Å². The minimum atomic E-state index is -0.262. The third-order valence-corrected chi connectivity index (χ3v) is 4.55. The van der Waals surface area contributed by atoms with Crippen LogP contribution in [0.3, 0.4) is 0 Å². The number of carbonyl (C=O) groups is 1. The van der Waals surface area contributed by atoms with E-state index in [0.717, 1.165) is 11.4 Å². The molecule has 1 fully saturated rings. The molecule has 0 N–H and O–H groups in total. The summed E-state index contributed by atoms with van der Waals surface area (Å²) in [6.07, 6.45) is 3.93. The highest BCUT2D eigenvalue weighted by molar-refractivity contribution is 5.93. The van der Waals surface area contributed by atoms with E-state index in [0.29, 0.717) is 32.7 Å². The Kier molecular flexibility index (Phi) is 5.23. The molecule has 1 aliphatic rings. The summed E-state index contributed by atoms with van der Waals surface area (Å²) < 4.78 is 7.15. The number of aryl methyl sites for hydroxylation is 1. The van der Waals surface area contributed by atoms with Gasteiger partial charge in [-0.2, -0.15) is 0 Å². The smallest absolute Gasteiger partial charge is 0.263 e. The number of carbonyl (C=O) groups excluding carboxylic acids is 1. The maximum absolute atomic E-state index is 12.9. The second kappa shape index (κ2) is 7.57.